The highest BCUT2D eigenvalue weighted by Gasteiger charge is 2.25. The van der Waals surface area contributed by atoms with E-state index in [1.807, 2.05) is 30.3 Å². The molecule has 0 radical (unpaired) electrons. The Morgan fingerprint density at radius 1 is 0.962 bits per heavy atom. The van der Waals surface area contributed by atoms with Gasteiger partial charge in [0.05, 0.1) is 0 Å². The Morgan fingerprint density at radius 3 is 2.00 bits per heavy atom. The smallest absolute Gasteiger partial charge is 0.410 e. The molecule has 6 nitrogen and oxygen atoms in total. The molecule has 3 N–H and O–H groups in total. The van der Waals surface area contributed by atoms with Crippen molar-refractivity contribution in [3.63, 3.8) is 0 Å². The van der Waals surface area contributed by atoms with Crippen LogP contribution >= 0.6 is 0 Å². The van der Waals surface area contributed by atoms with Gasteiger partial charge in [0.1, 0.15) is 6.61 Å². The standard InChI is InChI=1S/C14H20N2O2.C6H14N2/c1-11-8-16(9-12(2)15-11)14(17)18-10-13-6-4-3-5-7-13;1-5-3-7-4-6(2)8-5/h3-7,11-12,15H,8-10H2,1-2H3;5-8H,3-4H2,1-2H3/t11-,12+;5-,6+. The summed E-state index contributed by atoms with van der Waals surface area (Å²) in [5, 5.41) is 10.1. The summed E-state index contributed by atoms with van der Waals surface area (Å²) in [6, 6.07) is 11.7. The normalized spacial score (nSPS) is 28.7. The molecule has 0 saturated carbocycles. The molecule has 2 aliphatic rings. The molecule has 3 rings (SSSR count). The first-order chi connectivity index (χ1) is 12.4. The first kappa shape index (κ1) is 20.7. The Kier molecular flexibility index (Phi) is 8.35. The van der Waals surface area contributed by atoms with Crippen LogP contribution in [0.5, 0.6) is 0 Å². The van der Waals surface area contributed by atoms with Crippen LogP contribution in [0.15, 0.2) is 30.3 Å². The summed E-state index contributed by atoms with van der Waals surface area (Å²) in [5.74, 6) is 0. The Balaban J connectivity index is 0.000000254. The van der Waals surface area contributed by atoms with E-state index in [0.29, 0.717) is 43.9 Å². The number of nitrogens with zero attached hydrogens (tertiary/aromatic N) is 1. The van der Waals surface area contributed by atoms with Crippen molar-refractivity contribution in [2.75, 3.05) is 26.2 Å². The van der Waals surface area contributed by atoms with Crippen molar-refractivity contribution in [1.29, 1.82) is 0 Å². The Hall–Kier alpha value is -1.63. The van der Waals surface area contributed by atoms with Crippen LogP contribution < -0.4 is 16.0 Å². The molecule has 26 heavy (non-hydrogen) atoms. The molecule has 0 spiro atoms. The summed E-state index contributed by atoms with van der Waals surface area (Å²) in [6.07, 6.45) is -0.223. The maximum absolute atomic E-state index is 11.9. The first-order valence-corrected chi connectivity index (χ1v) is 9.62. The quantitative estimate of drug-likeness (QED) is 0.751. The van der Waals surface area contributed by atoms with E-state index in [0.717, 1.165) is 18.7 Å². The summed E-state index contributed by atoms with van der Waals surface area (Å²) < 4.78 is 5.32. The van der Waals surface area contributed by atoms with E-state index in [1.165, 1.54) is 0 Å². The van der Waals surface area contributed by atoms with Gasteiger partial charge < -0.3 is 25.6 Å². The number of amides is 1. The zero-order valence-corrected chi connectivity index (χ0v) is 16.5. The number of carbonyl (C=O) groups excluding carboxylic acids is 1. The minimum absolute atomic E-state index is 0.223. The van der Waals surface area contributed by atoms with E-state index in [1.54, 1.807) is 4.90 Å². The van der Waals surface area contributed by atoms with Crippen LogP contribution in [-0.4, -0.2) is 61.3 Å². The van der Waals surface area contributed by atoms with Crippen LogP contribution in [0.1, 0.15) is 33.3 Å². The van der Waals surface area contributed by atoms with Gasteiger partial charge in [-0.3, -0.25) is 0 Å². The maximum Gasteiger partial charge on any atom is 0.410 e. The predicted molar refractivity (Wildman–Crippen MR) is 105 cm³/mol. The molecule has 146 valence electrons. The number of nitrogens with one attached hydrogen (secondary N) is 3. The van der Waals surface area contributed by atoms with Crippen molar-refractivity contribution >= 4 is 6.09 Å². The molecule has 1 amide bonds. The summed E-state index contributed by atoms with van der Waals surface area (Å²) in [4.78, 5) is 13.7. The summed E-state index contributed by atoms with van der Waals surface area (Å²) in [5.41, 5.74) is 1.02. The van der Waals surface area contributed by atoms with Gasteiger partial charge in [-0.05, 0) is 33.3 Å². The van der Waals surface area contributed by atoms with Gasteiger partial charge in [-0.2, -0.15) is 0 Å². The number of hydrogen-bond donors (Lipinski definition) is 3. The fourth-order valence-electron chi connectivity index (χ4n) is 3.41. The Morgan fingerprint density at radius 2 is 1.50 bits per heavy atom. The van der Waals surface area contributed by atoms with Crippen LogP contribution in [0.25, 0.3) is 0 Å². The summed E-state index contributed by atoms with van der Waals surface area (Å²) >= 11 is 0. The highest BCUT2D eigenvalue weighted by Crippen LogP contribution is 2.08. The van der Waals surface area contributed by atoms with E-state index in [-0.39, 0.29) is 6.09 Å². The molecule has 4 atom stereocenters. The summed E-state index contributed by atoms with van der Waals surface area (Å²) in [7, 11) is 0. The third-order valence-corrected chi connectivity index (χ3v) is 4.49. The van der Waals surface area contributed by atoms with Gasteiger partial charge in [-0.25, -0.2) is 4.79 Å². The average Bonchev–Trinajstić information content (AvgIpc) is 2.60. The number of benzene rings is 1. The lowest BCUT2D eigenvalue weighted by Crippen LogP contribution is -2.55. The fourth-order valence-corrected chi connectivity index (χ4v) is 3.41. The highest BCUT2D eigenvalue weighted by molar-refractivity contribution is 5.67. The van der Waals surface area contributed by atoms with Gasteiger partial charge in [0.25, 0.3) is 0 Å². The molecule has 6 heteroatoms. The van der Waals surface area contributed by atoms with Crippen molar-refractivity contribution in [3.8, 4) is 0 Å². The average molecular weight is 363 g/mol. The zero-order chi connectivity index (χ0) is 18.9. The molecule has 0 aromatic heterocycles. The van der Waals surface area contributed by atoms with Gasteiger partial charge >= 0.3 is 6.09 Å². The Bertz CT molecular complexity index is 522. The van der Waals surface area contributed by atoms with Gasteiger partial charge in [0, 0.05) is 50.3 Å². The van der Waals surface area contributed by atoms with Crippen LogP contribution in [-0.2, 0) is 11.3 Å². The van der Waals surface area contributed by atoms with E-state index in [4.69, 9.17) is 4.74 Å². The van der Waals surface area contributed by atoms with Crippen molar-refractivity contribution in [1.82, 2.24) is 20.9 Å². The van der Waals surface area contributed by atoms with Crippen molar-refractivity contribution in [3.05, 3.63) is 35.9 Å². The lowest BCUT2D eigenvalue weighted by Gasteiger charge is -2.35. The second-order valence-corrected chi connectivity index (χ2v) is 7.54. The molecule has 0 unspecified atom stereocenters. The number of piperazine rings is 2. The van der Waals surface area contributed by atoms with Crippen molar-refractivity contribution in [2.24, 2.45) is 0 Å². The SMILES string of the molecule is C[C@@H]1CN(C(=O)OCc2ccccc2)C[C@H](C)N1.C[C@@H]1CNC[C@H](C)N1. The topological polar surface area (TPSA) is 65.6 Å². The second kappa shape index (κ2) is 10.5. The third kappa shape index (κ3) is 7.32. The summed E-state index contributed by atoms with van der Waals surface area (Å²) in [6.45, 7) is 12.5. The van der Waals surface area contributed by atoms with E-state index < -0.39 is 0 Å². The molecule has 0 aliphatic carbocycles. The molecule has 0 bridgehead atoms. The highest BCUT2D eigenvalue weighted by atomic mass is 16.6. The minimum Gasteiger partial charge on any atom is -0.445 e. The second-order valence-electron chi connectivity index (χ2n) is 7.54. The monoisotopic (exact) mass is 362 g/mol. The number of carbonyl (C=O) groups is 1. The van der Waals surface area contributed by atoms with Gasteiger partial charge in [-0.1, -0.05) is 30.3 Å². The molecule has 2 aliphatic heterocycles. The van der Waals surface area contributed by atoms with Gasteiger partial charge in [0.2, 0.25) is 0 Å². The number of ether oxygens (including phenoxy) is 1. The van der Waals surface area contributed by atoms with Gasteiger partial charge in [0.15, 0.2) is 0 Å². The molecule has 1 aromatic carbocycles. The fraction of sp³-hybridized carbons (Fsp3) is 0.650. The number of rotatable bonds is 2. The van der Waals surface area contributed by atoms with Crippen molar-refractivity contribution < 1.29 is 9.53 Å². The van der Waals surface area contributed by atoms with E-state index >= 15 is 0 Å². The molecular formula is C20H34N4O2. The lowest BCUT2D eigenvalue weighted by atomic mass is 10.2. The first-order valence-electron chi connectivity index (χ1n) is 9.62. The lowest BCUT2D eigenvalue weighted by molar-refractivity contribution is 0.0792. The van der Waals surface area contributed by atoms with Crippen molar-refractivity contribution in [2.45, 2.75) is 58.5 Å². The van der Waals surface area contributed by atoms with Crippen LogP contribution in [0.4, 0.5) is 4.79 Å². The van der Waals surface area contributed by atoms with Crippen LogP contribution in [0.3, 0.4) is 0 Å². The third-order valence-electron chi connectivity index (χ3n) is 4.49. The molecule has 2 fully saturated rings. The minimum atomic E-state index is -0.223. The number of hydrogen-bond acceptors (Lipinski definition) is 5. The molecule has 2 heterocycles. The predicted octanol–water partition coefficient (Wildman–Crippen LogP) is 1.96. The maximum atomic E-state index is 11.9. The molecule has 1 aromatic rings. The largest absolute Gasteiger partial charge is 0.445 e. The van der Waals surface area contributed by atoms with E-state index in [9.17, 15) is 4.79 Å². The molecular weight excluding hydrogens is 328 g/mol. The Labute approximate surface area is 157 Å². The zero-order valence-electron chi connectivity index (χ0n) is 16.5. The molecule has 2 saturated heterocycles. The van der Waals surface area contributed by atoms with Gasteiger partial charge in [-0.15, -0.1) is 0 Å². The van der Waals surface area contributed by atoms with Crippen LogP contribution in [0.2, 0.25) is 0 Å². The van der Waals surface area contributed by atoms with Crippen LogP contribution in [0, 0.1) is 0 Å². The van der Waals surface area contributed by atoms with E-state index in [2.05, 4.69) is 43.6 Å².